The standard InChI is InChI=1S/C24H18N2O4S/c27-20-17-4-2-1-3-13(17)5-6-14-7-8-15(11-19(14)20)24-25-16(12-31-24)9-10-18-21(28)23(30)26-22(18)29/h1-4,7-8,11-12,18H,5-6,9-10H2,(H,26,29,30). The molecule has 0 saturated carbocycles. The number of hydrogen-bond donors (Lipinski definition) is 1. The molecule has 31 heavy (non-hydrogen) atoms. The van der Waals surface area contributed by atoms with E-state index in [4.69, 9.17) is 0 Å². The summed E-state index contributed by atoms with van der Waals surface area (Å²) in [6.07, 6.45) is 2.33. The molecule has 2 aromatic carbocycles. The highest BCUT2D eigenvalue weighted by atomic mass is 32.1. The average Bonchev–Trinajstić information content (AvgIpc) is 3.30. The molecule has 2 amide bonds. The quantitative estimate of drug-likeness (QED) is 0.390. The lowest BCUT2D eigenvalue weighted by atomic mass is 9.97. The van der Waals surface area contributed by atoms with Gasteiger partial charge in [0.1, 0.15) is 10.9 Å². The largest absolute Gasteiger partial charge is 0.294 e. The minimum atomic E-state index is -0.928. The third-order valence-corrected chi connectivity index (χ3v) is 6.80. The van der Waals surface area contributed by atoms with E-state index in [1.165, 1.54) is 11.3 Å². The molecule has 0 bridgehead atoms. The van der Waals surface area contributed by atoms with Crippen LogP contribution in [0.2, 0.25) is 0 Å². The van der Waals surface area contributed by atoms with Crippen LogP contribution in [0, 0.1) is 5.92 Å². The first-order valence-corrected chi connectivity index (χ1v) is 11.0. The Bertz CT molecular complexity index is 1260. The van der Waals surface area contributed by atoms with Crippen molar-refractivity contribution < 1.29 is 19.2 Å². The third-order valence-electron chi connectivity index (χ3n) is 5.86. The Morgan fingerprint density at radius 2 is 1.74 bits per heavy atom. The molecule has 1 atom stereocenters. The lowest BCUT2D eigenvalue weighted by Gasteiger charge is -2.07. The highest BCUT2D eigenvalue weighted by Crippen LogP contribution is 2.31. The number of imide groups is 1. The summed E-state index contributed by atoms with van der Waals surface area (Å²) in [6, 6.07) is 13.6. The number of hydrogen-bond acceptors (Lipinski definition) is 6. The number of aromatic nitrogens is 1. The van der Waals surface area contributed by atoms with E-state index in [9.17, 15) is 19.2 Å². The van der Waals surface area contributed by atoms with Gasteiger partial charge in [-0.05, 0) is 42.9 Å². The highest BCUT2D eigenvalue weighted by Gasteiger charge is 2.39. The molecular formula is C24H18N2O4S. The number of amides is 2. The molecule has 2 heterocycles. The Kier molecular flexibility index (Phi) is 4.82. The predicted octanol–water partition coefficient (Wildman–Crippen LogP) is 2.91. The van der Waals surface area contributed by atoms with E-state index >= 15 is 0 Å². The number of carbonyl (C=O) groups is 4. The van der Waals surface area contributed by atoms with Gasteiger partial charge in [-0.2, -0.15) is 0 Å². The van der Waals surface area contributed by atoms with Crippen LogP contribution in [0.4, 0.5) is 0 Å². The molecule has 2 aliphatic rings. The van der Waals surface area contributed by atoms with Gasteiger partial charge in [0.25, 0.3) is 5.91 Å². The van der Waals surface area contributed by atoms with Gasteiger partial charge in [-0.25, -0.2) is 4.98 Å². The first-order valence-electron chi connectivity index (χ1n) is 10.1. The van der Waals surface area contributed by atoms with Gasteiger partial charge >= 0.3 is 0 Å². The van der Waals surface area contributed by atoms with Crippen molar-refractivity contribution in [1.29, 1.82) is 0 Å². The van der Waals surface area contributed by atoms with Crippen molar-refractivity contribution in [3.8, 4) is 10.6 Å². The summed E-state index contributed by atoms with van der Waals surface area (Å²) in [5.41, 5.74) is 5.21. The zero-order valence-electron chi connectivity index (χ0n) is 16.5. The number of nitrogens with one attached hydrogen (secondary N) is 1. The van der Waals surface area contributed by atoms with E-state index in [1.807, 2.05) is 47.8 Å². The number of carbonyl (C=O) groups excluding carboxylic acids is 4. The summed E-state index contributed by atoms with van der Waals surface area (Å²) in [5, 5.41) is 4.72. The molecule has 7 heteroatoms. The molecule has 5 rings (SSSR count). The summed E-state index contributed by atoms with van der Waals surface area (Å²) >= 11 is 1.46. The molecule has 154 valence electrons. The fourth-order valence-electron chi connectivity index (χ4n) is 4.16. The SMILES string of the molecule is O=C1NC(=O)C(CCc2csc(-c3ccc4c(c3)C(=O)c3ccccc3CC4)n2)C1=O. The molecule has 0 radical (unpaired) electrons. The predicted molar refractivity (Wildman–Crippen MR) is 115 cm³/mol. The third kappa shape index (κ3) is 3.51. The minimum absolute atomic E-state index is 0.0390. The molecule has 1 aliphatic heterocycles. The van der Waals surface area contributed by atoms with Crippen LogP contribution in [0.5, 0.6) is 0 Å². The van der Waals surface area contributed by atoms with Crippen LogP contribution in [0.15, 0.2) is 47.8 Å². The van der Waals surface area contributed by atoms with Crippen LogP contribution in [-0.2, 0) is 33.6 Å². The normalized spacial score (nSPS) is 17.9. The molecule has 1 unspecified atom stereocenters. The van der Waals surface area contributed by atoms with Crippen molar-refractivity contribution >= 4 is 34.7 Å². The number of thiazole rings is 1. The van der Waals surface area contributed by atoms with Gasteiger partial charge < -0.3 is 0 Å². The highest BCUT2D eigenvalue weighted by molar-refractivity contribution is 7.13. The summed E-state index contributed by atoms with van der Waals surface area (Å²) in [6.45, 7) is 0. The minimum Gasteiger partial charge on any atom is -0.289 e. The Balaban J connectivity index is 1.37. The van der Waals surface area contributed by atoms with Gasteiger partial charge in [0.05, 0.1) is 5.69 Å². The van der Waals surface area contributed by atoms with Crippen LogP contribution >= 0.6 is 11.3 Å². The van der Waals surface area contributed by atoms with Crippen molar-refractivity contribution in [3.63, 3.8) is 0 Å². The monoisotopic (exact) mass is 430 g/mol. The maximum atomic E-state index is 13.1. The van der Waals surface area contributed by atoms with E-state index in [0.29, 0.717) is 12.0 Å². The smallest absolute Gasteiger partial charge is 0.289 e. The lowest BCUT2D eigenvalue weighted by molar-refractivity contribution is -0.136. The number of rotatable bonds is 4. The number of benzene rings is 2. The first kappa shape index (κ1) is 19.5. The molecule has 1 saturated heterocycles. The molecule has 1 fully saturated rings. The lowest BCUT2D eigenvalue weighted by Crippen LogP contribution is -2.22. The second-order valence-electron chi connectivity index (χ2n) is 7.78. The second kappa shape index (κ2) is 7.67. The summed E-state index contributed by atoms with van der Waals surface area (Å²) in [7, 11) is 0. The van der Waals surface area contributed by atoms with E-state index in [1.54, 1.807) is 0 Å². The van der Waals surface area contributed by atoms with Crippen LogP contribution < -0.4 is 5.32 Å². The fraction of sp³-hybridized carbons (Fsp3) is 0.208. The maximum Gasteiger partial charge on any atom is 0.294 e. The van der Waals surface area contributed by atoms with Gasteiger partial charge in [0.15, 0.2) is 5.78 Å². The van der Waals surface area contributed by atoms with Crippen LogP contribution in [-0.4, -0.2) is 28.4 Å². The van der Waals surface area contributed by atoms with E-state index < -0.39 is 23.5 Å². The molecular weight excluding hydrogens is 412 g/mol. The molecule has 1 aliphatic carbocycles. The zero-order valence-corrected chi connectivity index (χ0v) is 17.3. The number of Topliss-reactive ketones (excluding diaryl/α,β-unsaturated/α-hetero) is 1. The van der Waals surface area contributed by atoms with E-state index in [2.05, 4.69) is 10.3 Å². The molecule has 3 aromatic rings. The van der Waals surface area contributed by atoms with Crippen molar-refractivity contribution in [3.05, 3.63) is 75.8 Å². The molecule has 0 spiro atoms. The van der Waals surface area contributed by atoms with Gasteiger partial charge in [-0.3, -0.25) is 24.5 Å². The summed E-state index contributed by atoms with van der Waals surface area (Å²) in [5.74, 6) is -2.93. The van der Waals surface area contributed by atoms with Gasteiger partial charge in [-0.1, -0.05) is 36.4 Å². The Morgan fingerprint density at radius 1 is 0.968 bits per heavy atom. The van der Waals surface area contributed by atoms with Crippen LogP contribution in [0.1, 0.15) is 39.2 Å². The van der Waals surface area contributed by atoms with Crippen LogP contribution in [0.3, 0.4) is 0 Å². The summed E-state index contributed by atoms with van der Waals surface area (Å²) < 4.78 is 0. The fourth-order valence-corrected chi connectivity index (χ4v) is 5.01. The number of nitrogens with zero attached hydrogens (tertiary/aromatic N) is 1. The molecule has 1 aromatic heterocycles. The first-order chi connectivity index (χ1) is 15.0. The van der Waals surface area contributed by atoms with Gasteiger partial charge in [0, 0.05) is 22.1 Å². The Morgan fingerprint density at radius 3 is 2.52 bits per heavy atom. The van der Waals surface area contributed by atoms with E-state index in [0.717, 1.165) is 45.8 Å². The van der Waals surface area contributed by atoms with Crippen molar-refractivity contribution in [2.24, 2.45) is 5.92 Å². The number of ketones is 2. The van der Waals surface area contributed by atoms with Crippen molar-refractivity contribution in [2.75, 3.05) is 0 Å². The average molecular weight is 430 g/mol. The van der Waals surface area contributed by atoms with Gasteiger partial charge in [-0.15, -0.1) is 11.3 Å². The summed E-state index contributed by atoms with van der Waals surface area (Å²) in [4.78, 5) is 52.6. The zero-order chi connectivity index (χ0) is 21.5. The second-order valence-corrected chi connectivity index (χ2v) is 8.63. The van der Waals surface area contributed by atoms with E-state index in [-0.39, 0.29) is 12.2 Å². The molecule has 6 nitrogen and oxygen atoms in total. The van der Waals surface area contributed by atoms with Crippen molar-refractivity contribution in [2.45, 2.75) is 25.7 Å². The number of fused-ring (bicyclic) bond motifs is 2. The Hall–Kier alpha value is -3.45. The molecule has 1 N–H and O–H groups in total. The van der Waals surface area contributed by atoms with Crippen molar-refractivity contribution in [1.82, 2.24) is 10.3 Å². The van der Waals surface area contributed by atoms with Crippen LogP contribution in [0.25, 0.3) is 10.6 Å². The van der Waals surface area contributed by atoms with Gasteiger partial charge in [0.2, 0.25) is 11.7 Å². The topological polar surface area (TPSA) is 93.2 Å². The maximum absolute atomic E-state index is 13.1. The number of aryl methyl sites for hydroxylation is 3. The Labute approximate surface area is 182 Å².